The van der Waals surface area contributed by atoms with E-state index in [0.29, 0.717) is 18.0 Å². The van der Waals surface area contributed by atoms with Gasteiger partial charge < -0.3 is 11.1 Å². The van der Waals surface area contributed by atoms with Crippen LogP contribution in [-0.2, 0) is 0 Å². The molecule has 1 saturated carbocycles. The molecule has 1 aromatic rings. The van der Waals surface area contributed by atoms with Crippen molar-refractivity contribution in [3.05, 3.63) is 35.4 Å². The van der Waals surface area contributed by atoms with Gasteiger partial charge in [-0.3, -0.25) is 0 Å². The molecule has 2 atom stereocenters. The van der Waals surface area contributed by atoms with Gasteiger partial charge in [-0.25, -0.2) is 8.78 Å². The first kappa shape index (κ1) is 13.4. The minimum Gasteiger partial charge on any atom is -0.329 e. The molecule has 4 heteroatoms. The van der Waals surface area contributed by atoms with Gasteiger partial charge in [0.1, 0.15) is 0 Å². The fourth-order valence-electron chi connectivity index (χ4n) is 2.23. The molecule has 2 rings (SSSR count). The Bertz CT molecular complexity index is 405. The van der Waals surface area contributed by atoms with Crippen molar-refractivity contribution < 1.29 is 8.78 Å². The van der Waals surface area contributed by atoms with Crippen LogP contribution in [0.5, 0.6) is 0 Å². The number of nitrogens with two attached hydrogens (primary N) is 1. The highest BCUT2D eigenvalue weighted by Crippen LogP contribution is 2.36. The second-order valence-electron chi connectivity index (χ2n) is 5.18. The molecule has 1 aliphatic carbocycles. The second-order valence-corrected chi connectivity index (χ2v) is 5.18. The SMILES string of the molecule is CC(CNC(CN)c1ccc(F)c(F)c1)C1CC1. The van der Waals surface area contributed by atoms with Gasteiger partial charge >= 0.3 is 0 Å². The van der Waals surface area contributed by atoms with Crippen LogP contribution in [0.3, 0.4) is 0 Å². The van der Waals surface area contributed by atoms with Crippen LogP contribution >= 0.6 is 0 Å². The number of halogens is 2. The molecular formula is C14H20F2N2. The molecule has 1 aromatic carbocycles. The Morgan fingerprint density at radius 3 is 2.61 bits per heavy atom. The van der Waals surface area contributed by atoms with Gasteiger partial charge in [-0.15, -0.1) is 0 Å². The molecule has 2 nitrogen and oxygen atoms in total. The lowest BCUT2D eigenvalue weighted by Crippen LogP contribution is -2.32. The number of nitrogens with one attached hydrogen (secondary N) is 1. The Hall–Kier alpha value is -1.00. The van der Waals surface area contributed by atoms with Gasteiger partial charge in [0.05, 0.1) is 0 Å². The summed E-state index contributed by atoms with van der Waals surface area (Å²) < 4.78 is 26.0. The van der Waals surface area contributed by atoms with E-state index in [2.05, 4.69) is 12.2 Å². The molecule has 0 spiro atoms. The third kappa shape index (κ3) is 3.27. The normalized spacial score (nSPS) is 18.7. The maximum absolute atomic E-state index is 13.2. The lowest BCUT2D eigenvalue weighted by molar-refractivity contribution is 0.420. The topological polar surface area (TPSA) is 38.0 Å². The van der Waals surface area contributed by atoms with Crippen molar-refractivity contribution in [3.8, 4) is 0 Å². The first-order valence-electron chi connectivity index (χ1n) is 6.50. The molecule has 0 bridgehead atoms. The molecule has 2 unspecified atom stereocenters. The van der Waals surface area contributed by atoms with Crippen LogP contribution in [-0.4, -0.2) is 13.1 Å². The van der Waals surface area contributed by atoms with Crippen LogP contribution in [0, 0.1) is 23.5 Å². The summed E-state index contributed by atoms with van der Waals surface area (Å²) >= 11 is 0. The smallest absolute Gasteiger partial charge is 0.159 e. The maximum Gasteiger partial charge on any atom is 0.159 e. The summed E-state index contributed by atoms with van der Waals surface area (Å²) in [6.07, 6.45) is 2.61. The average Bonchev–Trinajstić information content (AvgIpc) is 3.18. The first-order chi connectivity index (χ1) is 8.61. The Morgan fingerprint density at radius 2 is 2.06 bits per heavy atom. The van der Waals surface area contributed by atoms with E-state index < -0.39 is 11.6 Å². The molecule has 1 fully saturated rings. The standard InChI is InChI=1S/C14H20F2N2/c1-9(10-2-3-10)8-18-14(7-17)11-4-5-12(15)13(16)6-11/h4-6,9-10,14,18H,2-3,7-8,17H2,1H3. The summed E-state index contributed by atoms with van der Waals surface area (Å²) in [5.74, 6) is -0.200. The van der Waals surface area contributed by atoms with Gasteiger partial charge in [0.15, 0.2) is 11.6 Å². The fraction of sp³-hybridized carbons (Fsp3) is 0.571. The van der Waals surface area contributed by atoms with Gasteiger partial charge in [-0.05, 0) is 48.9 Å². The van der Waals surface area contributed by atoms with Crippen LogP contribution in [0.25, 0.3) is 0 Å². The summed E-state index contributed by atoms with van der Waals surface area (Å²) in [6.45, 7) is 3.46. The molecule has 18 heavy (non-hydrogen) atoms. The zero-order valence-electron chi connectivity index (χ0n) is 10.6. The average molecular weight is 254 g/mol. The Kier molecular flexibility index (Phi) is 4.30. The van der Waals surface area contributed by atoms with Crippen molar-refractivity contribution in [2.24, 2.45) is 17.6 Å². The van der Waals surface area contributed by atoms with Crippen LogP contribution in [0.1, 0.15) is 31.4 Å². The first-order valence-corrected chi connectivity index (χ1v) is 6.50. The molecule has 0 aliphatic heterocycles. The zero-order valence-corrected chi connectivity index (χ0v) is 10.6. The van der Waals surface area contributed by atoms with Gasteiger partial charge in [0, 0.05) is 12.6 Å². The summed E-state index contributed by atoms with van der Waals surface area (Å²) in [6, 6.07) is 3.85. The predicted molar refractivity (Wildman–Crippen MR) is 68.0 cm³/mol. The highest BCUT2D eigenvalue weighted by Gasteiger charge is 2.28. The van der Waals surface area contributed by atoms with Crippen molar-refractivity contribution >= 4 is 0 Å². The molecule has 1 aliphatic rings. The summed E-state index contributed by atoms with van der Waals surface area (Å²) in [7, 11) is 0. The highest BCUT2D eigenvalue weighted by atomic mass is 19.2. The number of hydrogen-bond acceptors (Lipinski definition) is 2. The lowest BCUT2D eigenvalue weighted by Gasteiger charge is -2.20. The molecule has 0 amide bonds. The van der Waals surface area contributed by atoms with Crippen molar-refractivity contribution in [1.29, 1.82) is 0 Å². The van der Waals surface area contributed by atoms with Crippen LogP contribution in [0.15, 0.2) is 18.2 Å². The summed E-state index contributed by atoms with van der Waals surface area (Å²) in [4.78, 5) is 0. The molecular weight excluding hydrogens is 234 g/mol. The number of benzene rings is 1. The zero-order chi connectivity index (χ0) is 13.1. The Balaban J connectivity index is 1.96. The van der Waals surface area contributed by atoms with E-state index in [-0.39, 0.29) is 6.04 Å². The van der Waals surface area contributed by atoms with Crippen LogP contribution < -0.4 is 11.1 Å². The molecule has 0 radical (unpaired) electrons. The number of rotatable bonds is 6. The fourth-order valence-corrected chi connectivity index (χ4v) is 2.23. The van der Waals surface area contributed by atoms with E-state index in [0.717, 1.165) is 18.5 Å². The van der Waals surface area contributed by atoms with E-state index in [1.54, 1.807) is 6.07 Å². The summed E-state index contributed by atoms with van der Waals surface area (Å²) in [5, 5.41) is 3.34. The minimum absolute atomic E-state index is 0.110. The molecule has 0 aromatic heterocycles. The van der Waals surface area contributed by atoms with Crippen molar-refractivity contribution in [1.82, 2.24) is 5.32 Å². The van der Waals surface area contributed by atoms with Crippen LogP contribution in [0.4, 0.5) is 8.78 Å². The van der Waals surface area contributed by atoms with Crippen molar-refractivity contribution in [2.75, 3.05) is 13.1 Å². The summed E-state index contributed by atoms with van der Waals surface area (Å²) in [5.41, 5.74) is 6.40. The lowest BCUT2D eigenvalue weighted by atomic mass is 10.0. The van der Waals surface area contributed by atoms with E-state index in [1.165, 1.54) is 18.9 Å². The van der Waals surface area contributed by atoms with E-state index in [1.807, 2.05) is 0 Å². The Morgan fingerprint density at radius 1 is 1.33 bits per heavy atom. The molecule has 0 heterocycles. The number of hydrogen-bond donors (Lipinski definition) is 2. The quantitative estimate of drug-likeness (QED) is 0.819. The van der Waals surface area contributed by atoms with Gasteiger partial charge in [0.2, 0.25) is 0 Å². The monoisotopic (exact) mass is 254 g/mol. The second kappa shape index (κ2) is 5.76. The minimum atomic E-state index is -0.819. The van der Waals surface area contributed by atoms with E-state index in [9.17, 15) is 8.78 Å². The predicted octanol–water partition coefficient (Wildman–Crippen LogP) is 2.60. The van der Waals surface area contributed by atoms with Gasteiger partial charge in [-0.2, -0.15) is 0 Å². The Labute approximate surface area is 107 Å². The molecule has 100 valence electrons. The molecule has 3 N–H and O–H groups in total. The van der Waals surface area contributed by atoms with E-state index in [4.69, 9.17) is 5.73 Å². The van der Waals surface area contributed by atoms with Crippen molar-refractivity contribution in [2.45, 2.75) is 25.8 Å². The van der Waals surface area contributed by atoms with E-state index >= 15 is 0 Å². The highest BCUT2D eigenvalue weighted by molar-refractivity contribution is 5.21. The van der Waals surface area contributed by atoms with Crippen LogP contribution in [0.2, 0.25) is 0 Å². The largest absolute Gasteiger partial charge is 0.329 e. The molecule has 0 saturated heterocycles. The van der Waals surface area contributed by atoms with Gasteiger partial charge in [0.25, 0.3) is 0 Å². The maximum atomic E-state index is 13.2. The van der Waals surface area contributed by atoms with Crippen molar-refractivity contribution in [3.63, 3.8) is 0 Å². The third-order valence-corrected chi connectivity index (χ3v) is 3.69. The van der Waals surface area contributed by atoms with Gasteiger partial charge in [-0.1, -0.05) is 13.0 Å². The third-order valence-electron chi connectivity index (χ3n) is 3.69.